The van der Waals surface area contributed by atoms with Crippen molar-refractivity contribution in [1.82, 2.24) is 5.32 Å². The molecule has 1 amide bonds. The number of esters is 1. The molecule has 6 heteroatoms. The van der Waals surface area contributed by atoms with Gasteiger partial charge >= 0.3 is 5.97 Å². The van der Waals surface area contributed by atoms with Crippen molar-refractivity contribution in [3.8, 4) is 0 Å². The van der Waals surface area contributed by atoms with Crippen LogP contribution in [0, 0.1) is 0 Å². The van der Waals surface area contributed by atoms with E-state index in [1.54, 1.807) is 0 Å². The second kappa shape index (κ2) is 70.1. The Morgan fingerprint density at radius 2 is 0.588 bits per heavy atom. The molecule has 6 nitrogen and oxygen atoms in total. The lowest BCUT2D eigenvalue weighted by molar-refractivity contribution is -0.143. The van der Waals surface area contributed by atoms with Crippen LogP contribution in [0.4, 0.5) is 0 Å². The van der Waals surface area contributed by atoms with Crippen LogP contribution >= 0.6 is 0 Å². The zero-order chi connectivity index (χ0) is 57.8. The highest BCUT2D eigenvalue weighted by atomic mass is 16.5. The molecule has 0 aliphatic heterocycles. The first-order chi connectivity index (χ1) is 39.5. The fourth-order valence-corrected chi connectivity index (χ4v) is 11.9. The van der Waals surface area contributed by atoms with Crippen molar-refractivity contribution < 1.29 is 24.5 Å². The van der Waals surface area contributed by atoms with Gasteiger partial charge in [-0.1, -0.05) is 373 Å². The van der Waals surface area contributed by atoms with Crippen molar-refractivity contribution in [2.75, 3.05) is 13.2 Å². The molecule has 0 aromatic carbocycles. The van der Waals surface area contributed by atoms with Crippen molar-refractivity contribution >= 4 is 11.9 Å². The molecular formula is C74H145NO5. The summed E-state index contributed by atoms with van der Waals surface area (Å²) in [5.41, 5.74) is 0. The number of hydrogen-bond acceptors (Lipinski definition) is 5. The minimum absolute atomic E-state index is 0.00995. The number of ether oxygens (including phenoxy) is 1. The Balaban J connectivity index is 3.35. The zero-order valence-electron chi connectivity index (χ0n) is 54.6. The SMILES string of the molecule is CCCCCCC/C=C\CCCCCCCC(=O)OCCCCCCCCCCCCCCCCCCCCCCCCCCCCC(=O)NC(CO)C(O)CCCCCCCCCCCCCCCCCCCCCCCCC. The average molecular weight is 1130 g/mol. The van der Waals surface area contributed by atoms with E-state index in [1.165, 1.54) is 347 Å². The molecule has 0 aliphatic carbocycles. The molecule has 0 aliphatic rings. The summed E-state index contributed by atoms with van der Waals surface area (Å²) in [7, 11) is 0. The van der Waals surface area contributed by atoms with Crippen LogP contribution in [-0.2, 0) is 14.3 Å². The third kappa shape index (κ3) is 65.7. The fourth-order valence-electron chi connectivity index (χ4n) is 11.9. The van der Waals surface area contributed by atoms with E-state index in [-0.39, 0.29) is 18.5 Å². The number of aliphatic hydroxyl groups excluding tert-OH is 2. The van der Waals surface area contributed by atoms with Crippen LogP contribution in [0.1, 0.15) is 425 Å². The third-order valence-corrected chi connectivity index (χ3v) is 17.6. The number of carbonyl (C=O) groups excluding carboxylic acids is 2. The number of aliphatic hydroxyl groups is 2. The lowest BCUT2D eigenvalue weighted by Gasteiger charge is -2.22. The van der Waals surface area contributed by atoms with Gasteiger partial charge in [-0.15, -0.1) is 0 Å². The maximum absolute atomic E-state index is 12.6. The van der Waals surface area contributed by atoms with Gasteiger partial charge in [-0.3, -0.25) is 9.59 Å². The Kier molecular flexibility index (Phi) is 68.9. The Morgan fingerprint density at radius 3 is 0.887 bits per heavy atom. The first-order valence-corrected chi connectivity index (χ1v) is 36.9. The van der Waals surface area contributed by atoms with E-state index in [0.717, 1.165) is 44.9 Å². The van der Waals surface area contributed by atoms with Gasteiger partial charge < -0.3 is 20.3 Å². The summed E-state index contributed by atoms with van der Waals surface area (Å²) in [6.45, 7) is 4.99. The van der Waals surface area contributed by atoms with Gasteiger partial charge in [0.25, 0.3) is 0 Å². The largest absolute Gasteiger partial charge is 0.466 e. The predicted molar refractivity (Wildman–Crippen MR) is 352 cm³/mol. The average Bonchev–Trinajstić information content (AvgIpc) is 3.46. The Morgan fingerprint density at radius 1 is 0.338 bits per heavy atom. The van der Waals surface area contributed by atoms with Crippen LogP contribution in [0.5, 0.6) is 0 Å². The standard InChI is InChI=1S/C74H145NO5/c1-3-5-7-9-11-13-15-17-19-20-21-22-27-30-33-36-39-42-46-50-54-58-62-66-72(77)71(70-76)75-73(78)67-63-59-55-51-47-43-40-37-34-31-28-25-23-24-26-29-32-35-38-41-45-49-53-57-61-65-69-80-74(79)68-64-60-56-52-48-44-18-16-14-12-10-8-6-4-2/h16,18,71-72,76-77H,3-15,17,19-70H2,1-2H3,(H,75,78)/b18-16-. The van der Waals surface area contributed by atoms with Gasteiger partial charge in [-0.25, -0.2) is 0 Å². The van der Waals surface area contributed by atoms with Gasteiger partial charge in [0.15, 0.2) is 0 Å². The van der Waals surface area contributed by atoms with Crippen LogP contribution in [-0.4, -0.2) is 47.4 Å². The molecule has 0 aromatic rings. The van der Waals surface area contributed by atoms with Crippen molar-refractivity contribution in [2.24, 2.45) is 0 Å². The molecule has 0 aromatic heterocycles. The number of rotatable bonds is 70. The number of amides is 1. The predicted octanol–water partition coefficient (Wildman–Crippen LogP) is 23.9. The highest BCUT2D eigenvalue weighted by Gasteiger charge is 2.20. The quantitative estimate of drug-likeness (QED) is 0.0320. The Labute approximate surface area is 501 Å². The summed E-state index contributed by atoms with van der Waals surface area (Å²) in [6, 6.07) is -0.540. The number of unbranched alkanes of at least 4 members (excludes halogenated alkanes) is 57. The summed E-state index contributed by atoms with van der Waals surface area (Å²) in [6.07, 6.45) is 87.0. The fraction of sp³-hybridized carbons (Fsp3) is 0.946. The molecule has 0 fully saturated rings. The van der Waals surface area contributed by atoms with Gasteiger partial charge in [0.2, 0.25) is 5.91 Å². The summed E-state index contributed by atoms with van der Waals surface area (Å²) in [4.78, 5) is 24.6. The van der Waals surface area contributed by atoms with Crippen LogP contribution in [0.15, 0.2) is 12.2 Å². The molecule has 0 bridgehead atoms. The van der Waals surface area contributed by atoms with Crippen LogP contribution in [0.25, 0.3) is 0 Å². The van der Waals surface area contributed by atoms with E-state index < -0.39 is 12.1 Å². The van der Waals surface area contributed by atoms with E-state index in [0.29, 0.717) is 25.9 Å². The molecule has 80 heavy (non-hydrogen) atoms. The topological polar surface area (TPSA) is 95.9 Å². The highest BCUT2D eigenvalue weighted by molar-refractivity contribution is 5.76. The first kappa shape index (κ1) is 78.6. The molecule has 0 spiro atoms. The summed E-state index contributed by atoms with van der Waals surface area (Å²) in [5, 5.41) is 23.5. The van der Waals surface area contributed by atoms with Gasteiger partial charge in [-0.2, -0.15) is 0 Å². The normalized spacial score (nSPS) is 12.5. The first-order valence-electron chi connectivity index (χ1n) is 36.9. The van der Waals surface area contributed by atoms with Crippen LogP contribution < -0.4 is 5.32 Å². The number of nitrogens with one attached hydrogen (secondary N) is 1. The molecule has 2 atom stereocenters. The second-order valence-electron chi connectivity index (χ2n) is 25.6. The number of hydrogen-bond donors (Lipinski definition) is 3. The molecule has 0 heterocycles. The second-order valence-corrected chi connectivity index (χ2v) is 25.6. The molecule has 3 N–H and O–H groups in total. The van der Waals surface area contributed by atoms with Gasteiger partial charge in [0.05, 0.1) is 25.4 Å². The van der Waals surface area contributed by atoms with Gasteiger partial charge in [0, 0.05) is 12.8 Å². The van der Waals surface area contributed by atoms with Crippen LogP contribution in [0.3, 0.4) is 0 Å². The smallest absolute Gasteiger partial charge is 0.305 e. The maximum atomic E-state index is 12.6. The molecule has 2 unspecified atom stereocenters. The van der Waals surface area contributed by atoms with Crippen LogP contribution in [0.2, 0.25) is 0 Å². The number of allylic oxidation sites excluding steroid dienone is 2. The Bertz CT molecular complexity index is 1210. The number of carbonyl (C=O) groups is 2. The van der Waals surface area contributed by atoms with Gasteiger partial charge in [0.1, 0.15) is 0 Å². The van der Waals surface area contributed by atoms with Gasteiger partial charge in [-0.05, 0) is 51.4 Å². The summed E-state index contributed by atoms with van der Waals surface area (Å²) in [5.74, 6) is -0.0173. The Hall–Kier alpha value is -1.40. The highest BCUT2D eigenvalue weighted by Crippen LogP contribution is 2.20. The van der Waals surface area contributed by atoms with E-state index in [9.17, 15) is 19.8 Å². The van der Waals surface area contributed by atoms with Crippen molar-refractivity contribution in [3.05, 3.63) is 12.2 Å². The summed E-state index contributed by atoms with van der Waals surface area (Å²) < 4.78 is 5.49. The zero-order valence-corrected chi connectivity index (χ0v) is 54.6. The van der Waals surface area contributed by atoms with E-state index in [2.05, 4.69) is 31.3 Å². The van der Waals surface area contributed by atoms with E-state index >= 15 is 0 Å². The maximum Gasteiger partial charge on any atom is 0.305 e. The molecule has 0 saturated heterocycles. The molecule has 476 valence electrons. The molecular weight excluding hydrogens is 983 g/mol. The molecule has 0 radical (unpaired) electrons. The monoisotopic (exact) mass is 1130 g/mol. The van der Waals surface area contributed by atoms with E-state index in [1.807, 2.05) is 0 Å². The minimum Gasteiger partial charge on any atom is -0.466 e. The molecule has 0 saturated carbocycles. The lowest BCUT2D eigenvalue weighted by Crippen LogP contribution is -2.45. The van der Waals surface area contributed by atoms with Crippen molar-refractivity contribution in [2.45, 2.75) is 437 Å². The molecule has 0 rings (SSSR count). The minimum atomic E-state index is -0.664. The van der Waals surface area contributed by atoms with Crippen molar-refractivity contribution in [3.63, 3.8) is 0 Å². The van der Waals surface area contributed by atoms with Crippen molar-refractivity contribution in [1.29, 1.82) is 0 Å². The van der Waals surface area contributed by atoms with E-state index in [4.69, 9.17) is 4.74 Å². The third-order valence-electron chi connectivity index (χ3n) is 17.6. The summed E-state index contributed by atoms with van der Waals surface area (Å²) >= 11 is 0. The lowest BCUT2D eigenvalue weighted by atomic mass is 10.0.